The van der Waals surface area contributed by atoms with E-state index in [1.807, 2.05) is 20.8 Å². The molecule has 3 N–H and O–H groups in total. The van der Waals surface area contributed by atoms with Gasteiger partial charge >= 0.3 is 12.1 Å². The molecule has 2 aromatic rings. The number of rotatable bonds is 13. The van der Waals surface area contributed by atoms with Crippen LogP contribution in [-0.2, 0) is 16.8 Å². The summed E-state index contributed by atoms with van der Waals surface area (Å²) in [6, 6.07) is 4.53. The SMILES string of the molecule is CCOc1cc2c(c(F)c1OCC)C(=N)N(CC(=O)c1cc(OCCCCNC(=O)C(F)(F)F)c(O)c(C(C)(C)C)c1)C2. The number of phenolic OH excluding ortho intramolecular Hbond substituents is 1. The second kappa shape index (κ2) is 13.5. The summed E-state index contributed by atoms with van der Waals surface area (Å²) < 4.78 is 69.1. The number of nitrogens with one attached hydrogen (secondary N) is 2. The first-order valence-electron chi connectivity index (χ1n) is 13.9. The molecule has 0 spiro atoms. The summed E-state index contributed by atoms with van der Waals surface area (Å²) in [5, 5.41) is 21.3. The van der Waals surface area contributed by atoms with E-state index in [1.165, 1.54) is 11.0 Å². The van der Waals surface area contributed by atoms with Crippen LogP contribution in [0.25, 0.3) is 0 Å². The highest BCUT2D eigenvalue weighted by atomic mass is 19.4. The Kier molecular flexibility index (Phi) is 10.5. The summed E-state index contributed by atoms with van der Waals surface area (Å²) in [5.74, 6) is -3.34. The molecular formula is C30H37F4N3O6. The summed E-state index contributed by atoms with van der Waals surface area (Å²) in [4.78, 5) is 25.8. The molecule has 0 radical (unpaired) electrons. The van der Waals surface area contributed by atoms with Gasteiger partial charge in [-0.1, -0.05) is 20.8 Å². The Hall–Kier alpha value is -4.03. The predicted octanol–water partition coefficient (Wildman–Crippen LogP) is 5.49. The molecule has 0 bridgehead atoms. The first-order valence-corrected chi connectivity index (χ1v) is 13.9. The number of ketones is 1. The molecule has 2 aromatic carbocycles. The third kappa shape index (κ3) is 7.88. The first kappa shape index (κ1) is 33.5. The molecule has 0 atom stereocenters. The number of carbonyl (C=O) groups is 2. The molecule has 0 aromatic heterocycles. The van der Waals surface area contributed by atoms with Crippen molar-refractivity contribution in [2.75, 3.05) is 32.9 Å². The van der Waals surface area contributed by atoms with Crippen LogP contribution in [0.3, 0.4) is 0 Å². The summed E-state index contributed by atoms with van der Waals surface area (Å²) in [7, 11) is 0. The van der Waals surface area contributed by atoms with Gasteiger partial charge in [-0.25, -0.2) is 4.39 Å². The molecule has 0 saturated carbocycles. The van der Waals surface area contributed by atoms with Crippen LogP contribution in [0.1, 0.15) is 74.5 Å². The minimum atomic E-state index is -4.96. The van der Waals surface area contributed by atoms with Crippen molar-refractivity contribution in [3.05, 3.63) is 46.3 Å². The second-order valence-electron chi connectivity index (χ2n) is 11.0. The molecule has 3 rings (SSSR count). The van der Waals surface area contributed by atoms with Crippen LogP contribution in [0, 0.1) is 11.2 Å². The van der Waals surface area contributed by atoms with E-state index in [-0.39, 0.29) is 92.3 Å². The van der Waals surface area contributed by atoms with Crippen molar-refractivity contribution in [3.8, 4) is 23.0 Å². The number of Topliss-reactive ketones (excluding diaryl/α,β-unsaturated/α-hetero) is 1. The number of amidine groups is 1. The summed E-state index contributed by atoms with van der Waals surface area (Å²) >= 11 is 0. The average Bonchev–Trinajstić information content (AvgIpc) is 3.22. The Morgan fingerprint density at radius 1 is 1.02 bits per heavy atom. The number of nitrogens with zero attached hydrogens (tertiary/aromatic N) is 1. The zero-order valence-corrected chi connectivity index (χ0v) is 24.8. The van der Waals surface area contributed by atoms with Gasteiger partial charge < -0.3 is 29.5 Å². The number of phenols is 1. The lowest BCUT2D eigenvalue weighted by Crippen LogP contribution is -2.37. The fraction of sp³-hybridized carbons (Fsp3) is 0.500. The quantitative estimate of drug-likeness (QED) is 0.156. The molecule has 1 heterocycles. The van der Waals surface area contributed by atoms with Gasteiger partial charge in [0.15, 0.2) is 34.6 Å². The highest BCUT2D eigenvalue weighted by molar-refractivity contribution is 6.06. The van der Waals surface area contributed by atoms with Gasteiger partial charge in [0.2, 0.25) is 0 Å². The van der Waals surface area contributed by atoms with Crippen LogP contribution < -0.4 is 19.5 Å². The van der Waals surface area contributed by atoms with Crippen molar-refractivity contribution in [1.82, 2.24) is 10.2 Å². The largest absolute Gasteiger partial charge is 0.504 e. The molecule has 9 nitrogen and oxygen atoms in total. The van der Waals surface area contributed by atoms with Gasteiger partial charge in [0.05, 0.1) is 31.9 Å². The fourth-order valence-corrected chi connectivity index (χ4v) is 4.59. The van der Waals surface area contributed by atoms with Crippen molar-refractivity contribution in [2.24, 2.45) is 0 Å². The number of aromatic hydroxyl groups is 1. The average molecular weight is 612 g/mol. The maximum atomic E-state index is 15.4. The van der Waals surface area contributed by atoms with Crippen LogP contribution in [0.2, 0.25) is 0 Å². The van der Waals surface area contributed by atoms with E-state index in [0.717, 1.165) is 0 Å². The molecule has 0 unspecified atom stereocenters. The maximum absolute atomic E-state index is 15.4. The summed E-state index contributed by atoms with van der Waals surface area (Å²) in [5.41, 5.74) is 0.560. The highest BCUT2D eigenvalue weighted by Gasteiger charge is 2.38. The lowest BCUT2D eigenvalue weighted by Gasteiger charge is -2.24. The van der Waals surface area contributed by atoms with Gasteiger partial charge in [-0.2, -0.15) is 13.2 Å². The van der Waals surface area contributed by atoms with Crippen molar-refractivity contribution < 1.29 is 46.5 Å². The molecule has 0 aliphatic carbocycles. The smallest absolute Gasteiger partial charge is 0.471 e. The molecule has 1 amide bonds. The van der Waals surface area contributed by atoms with E-state index >= 15 is 4.39 Å². The van der Waals surface area contributed by atoms with Gasteiger partial charge in [0, 0.05) is 24.2 Å². The molecule has 1 aliphatic rings. The van der Waals surface area contributed by atoms with E-state index in [1.54, 1.807) is 31.3 Å². The number of carbonyl (C=O) groups excluding carboxylic acids is 2. The van der Waals surface area contributed by atoms with E-state index in [2.05, 4.69) is 0 Å². The Balaban J connectivity index is 1.76. The van der Waals surface area contributed by atoms with Crippen LogP contribution in [0.5, 0.6) is 23.0 Å². The summed E-state index contributed by atoms with van der Waals surface area (Å²) in [6.45, 7) is 9.10. The van der Waals surface area contributed by atoms with E-state index in [9.17, 15) is 27.9 Å². The Bertz CT molecular complexity index is 1370. The number of alkyl halides is 3. The van der Waals surface area contributed by atoms with Gasteiger partial charge in [-0.05, 0) is 55.9 Å². The number of hydrogen-bond donors (Lipinski definition) is 3. The van der Waals surface area contributed by atoms with Crippen molar-refractivity contribution >= 4 is 17.5 Å². The molecule has 0 saturated heterocycles. The number of unbranched alkanes of at least 4 members (excludes halogenated alkanes) is 1. The van der Waals surface area contributed by atoms with Crippen LogP contribution in [0.15, 0.2) is 18.2 Å². The topological polar surface area (TPSA) is 121 Å². The Morgan fingerprint density at radius 2 is 1.70 bits per heavy atom. The minimum absolute atomic E-state index is 0.00631. The Morgan fingerprint density at radius 3 is 2.30 bits per heavy atom. The molecule has 13 heteroatoms. The van der Waals surface area contributed by atoms with Gasteiger partial charge in [-0.3, -0.25) is 15.0 Å². The predicted molar refractivity (Wildman–Crippen MR) is 151 cm³/mol. The van der Waals surface area contributed by atoms with Gasteiger partial charge in [-0.15, -0.1) is 0 Å². The normalized spacial score (nSPS) is 13.1. The molecule has 43 heavy (non-hydrogen) atoms. The zero-order chi connectivity index (χ0) is 32.1. The molecule has 0 fully saturated rings. The second-order valence-corrected chi connectivity index (χ2v) is 11.0. The third-order valence-corrected chi connectivity index (χ3v) is 6.68. The third-order valence-electron chi connectivity index (χ3n) is 6.68. The van der Waals surface area contributed by atoms with Crippen LogP contribution in [-0.4, -0.2) is 66.6 Å². The number of ether oxygens (including phenoxy) is 3. The highest BCUT2D eigenvalue weighted by Crippen LogP contribution is 2.41. The van der Waals surface area contributed by atoms with Crippen LogP contribution in [0.4, 0.5) is 17.6 Å². The van der Waals surface area contributed by atoms with Crippen LogP contribution >= 0.6 is 0 Å². The van der Waals surface area contributed by atoms with E-state index in [4.69, 9.17) is 19.6 Å². The Labute approximate surface area is 247 Å². The number of hydrogen-bond acceptors (Lipinski definition) is 7. The number of halogens is 4. The van der Waals surface area contributed by atoms with E-state index in [0.29, 0.717) is 11.1 Å². The lowest BCUT2D eigenvalue weighted by atomic mass is 9.84. The molecular weight excluding hydrogens is 574 g/mol. The standard InChI is InChI=1S/C30H37F4N3O6/c1-6-41-22-14-18-15-37(27(35)23(18)24(31)26(22)42-7-2)16-20(38)17-12-19(29(3,4)5)25(39)21(13-17)43-11-9-8-10-36-28(40)30(32,33)34/h12-14,35,39H,6-11,15-16H2,1-5H3,(H,36,40). The zero-order valence-electron chi connectivity index (χ0n) is 24.8. The number of benzene rings is 2. The minimum Gasteiger partial charge on any atom is -0.504 e. The fourth-order valence-electron chi connectivity index (χ4n) is 4.59. The van der Waals surface area contributed by atoms with Gasteiger partial charge in [0.25, 0.3) is 0 Å². The van der Waals surface area contributed by atoms with Crippen molar-refractivity contribution in [3.63, 3.8) is 0 Å². The molecule has 236 valence electrons. The number of fused-ring (bicyclic) bond motifs is 1. The van der Waals surface area contributed by atoms with Crippen molar-refractivity contribution in [2.45, 2.75) is 65.6 Å². The monoisotopic (exact) mass is 611 g/mol. The van der Waals surface area contributed by atoms with Crippen molar-refractivity contribution in [1.29, 1.82) is 5.41 Å². The maximum Gasteiger partial charge on any atom is 0.471 e. The van der Waals surface area contributed by atoms with E-state index < -0.39 is 29.1 Å². The molecule has 1 aliphatic heterocycles. The first-order chi connectivity index (χ1) is 20.1. The summed E-state index contributed by atoms with van der Waals surface area (Å²) in [6.07, 6.45) is -4.50. The number of amides is 1. The lowest BCUT2D eigenvalue weighted by molar-refractivity contribution is -0.173. The van der Waals surface area contributed by atoms with Gasteiger partial charge in [0.1, 0.15) is 5.84 Å².